The fourth-order valence-electron chi connectivity index (χ4n) is 8.30. The Hall–Kier alpha value is -6.06. The molecule has 1 aliphatic heterocycles. The van der Waals surface area contributed by atoms with Gasteiger partial charge in [-0.3, -0.25) is 0 Å². The van der Waals surface area contributed by atoms with Crippen LogP contribution >= 0.6 is 0 Å². The summed E-state index contributed by atoms with van der Waals surface area (Å²) in [7, 11) is 0. The minimum absolute atomic E-state index is 0.468. The van der Waals surface area contributed by atoms with Crippen LogP contribution in [-0.2, 0) is 5.41 Å². The Morgan fingerprint density at radius 1 is 0.500 bits per heavy atom. The summed E-state index contributed by atoms with van der Waals surface area (Å²) in [6.07, 6.45) is 6.41. The molecular weight excluding hydrogens is 585 g/mol. The van der Waals surface area contributed by atoms with Crippen LogP contribution in [0.25, 0.3) is 44.3 Å². The summed E-state index contributed by atoms with van der Waals surface area (Å²) in [5, 5.41) is 11.8. The molecule has 2 aliphatic carbocycles. The van der Waals surface area contributed by atoms with Crippen LogP contribution in [-0.4, -0.2) is 10.2 Å². The number of fused-ring (bicyclic) bond motifs is 10. The van der Waals surface area contributed by atoms with Gasteiger partial charge in [-0.05, 0) is 81.3 Å². The highest BCUT2D eigenvalue weighted by molar-refractivity contribution is 5.96. The molecule has 0 radical (unpaired) electrons. The first kappa shape index (κ1) is 27.1. The van der Waals surface area contributed by atoms with E-state index < -0.39 is 5.41 Å². The molecule has 0 unspecified atom stereocenters. The predicted molar refractivity (Wildman–Crippen MR) is 194 cm³/mol. The quantitative estimate of drug-likeness (QED) is 0.199. The summed E-state index contributed by atoms with van der Waals surface area (Å²) in [6, 6.07) is 52.0. The summed E-state index contributed by atoms with van der Waals surface area (Å²) in [5.41, 5.74) is 13.4. The standard InChI is InChI=1S/C45H30N2O/c1-2-16-32-29(12-1)13-10-20-36(32)42-27-26-41(46-47-42)31-15-9-14-30(28-31)33-19-11-24-40-44(33)48-43-25-8-7-23-39(43)45(40)37-21-5-3-17-34(37)35-18-4-6-22-38(35)45/h1-8,10-13,15-28H,9,14H2. The van der Waals surface area contributed by atoms with E-state index in [1.807, 2.05) is 0 Å². The van der Waals surface area contributed by atoms with Gasteiger partial charge in [-0.15, -0.1) is 10.2 Å². The summed E-state index contributed by atoms with van der Waals surface area (Å²) in [6.45, 7) is 0. The average molecular weight is 615 g/mol. The molecule has 6 aromatic carbocycles. The van der Waals surface area contributed by atoms with E-state index in [0.717, 1.165) is 52.4 Å². The van der Waals surface area contributed by atoms with Gasteiger partial charge >= 0.3 is 0 Å². The lowest BCUT2D eigenvalue weighted by Gasteiger charge is -2.40. The molecule has 3 aliphatic rings. The molecule has 0 saturated heterocycles. The van der Waals surface area contributed by atoms with Gasteiger partial charge in [0.15, 0.2) is 0 Å². The van der Waals surface area contributed by atoms with Crippen LogP contribution < -0.4 is 4.74 Å². The Bertz CT molecular complexity index is 2440. The van der Waals surface area contributed by atoms with Crippen LogP contribution in [0.2, 0.25) is 0 Å². The van der Waals surface area contributed by atoms with E-state index in [2.05, 4.69) is 158 Å². The minimum Gasteiger partial charge on any atom is -0.456 e. The molecule has 0 fully saturated rings. The van der Waals surface area contributed by atoms with Gasteiger partial charge in [-0.1, -0.05) is 133 Å². The van der Waals surface area contributed by atoms with Crippen molar-refractivity contribution in [3.63, 3.8) is 0 Å². The van der Waals surface area contributed by atoms with Gasteiger partial charge in [0.1, 0.15) is 11.5 Å². The van der Waals surface area contributed by atoms with E-state index in [4.69, 9.17) is 14.9 Å². The van der Waals surface area contributed by atoms with Gasteiger partial charge in [0.25, 0.3) is 0 Å². The lowest BCUT2D eigenvalue weighted by molar-refractivity contribution is 0.435. The third-order valence-corrected chi connectivity index (χ3v) is 10.4. The Labute approximate surface area is 279 Å². The number of ether oxygens (including phenoxy) is 1. The normalized spacial score (nSPS) is 15.1. The van der Waals surface area contributed by atoms with E-state index >= 15 is 0 Å². The first-order chi connectivity index (χ1) is 23.8. The number of hydrogen-bond acceptors (Lipinski definition) is 3. The molecule has 0 N–H and O–H groups in total. The van der Waals surface area contributed by atoms with E-state index in [9.17, 15) is 0 Å². The zero-order chi connectivity index (χ0) is 31.7. The second-order valence-corrected chi connectivity index (χ2v) is 12.8. The SMILES string of the molecule is C1=C(c2ccc(-c3cccc4ccccc34)nn2)C=C(c2cccc3c2Oc2ccccc2C32c3ccccc3-c3ccccc32)CC1. The summed E-state index contributed by atoms with van der Waals surface area (Å²) < 4.78 is 6.93. The van der Waals surface area contributed by atoms with Crippen molar-refractivity contribution >= 4 is 21.9 Å². The van der Waals surface area contributed by atoms with E-state index in [-0.39, 0.29) is 0 Å². The zero-order valence-corrected chi connectivity index (χ0v) is 26.2. The van der Waals surface area contributed by atoms with E-state index in [1.54, 1.807) is 0 Å². The molecule has 7 aromatic rings. The minimum atomic E-state index is -0.468. The van der Waals surface area contributed by atoms with Crippen LogP contribution in [0.15, 0.2) is 158 Å². The first-order valence-corrected chi connectivity index (χ1v) is 16.6. The molecule has 226 valence electrons. The Morgan fingerprint density at radius 3 is 1.92 bits per heavy atom. The van der Waals surface area contributed by atoms with Crippen molar-refractivity contribution in [1.82, 2.24) is 10.2 Å². The van der Waals surface area contributed by atoms with Crippen molar-refractivity contribution in [2.24, 2.45) is 0 Å². The highest BCUT2D eigenvalue weighted by Crippen LogP contribution is 2.62. The number of allylic oxidation sites excluding steroid dienone is 4. The molecule has 0 bridgehead atoms. The third kappa shape index (κ3) is 3.82. The largest absolute Gasteiger partial charge is 0.456 e. The van der Waals surface area contributed by atoms with Gasteiger partial charge in [0, 0.05) is 22.3 Å². The Kier molecular flexibility index (Phi) is 5.91. The van der Waals surface area contributed by atoms with Crippen molar-refractivity contribution in [2.75, 3.05) is 0 Å². The molecule has 0 saturated carbocycles. The maximum absolute atomic E-state index is 6.93. The number of rotatable bonds is 3. The zero-order valence-electron chi connectivity index (χ0n) is 26.2. The topological polar surface area (TPSA) is 35.0 Å². The second-order valence-electron chi connectivity index (χ2n) is 12.8. The lowest BCUT2D eigenvalue weighted by Crippen LogP contribution is -2.32. The van der Waals surface area contributed by atoms with Crippen molar-refractivity contribution in [1.29, 1.82) is 0 Å². The van der Waals surface area contributed by atoms with Crippen molar-refractivity contribution in [2.45, 2.75) is 18.3 Å². The third-order valence-electron chi connectivity index (χ3n) is 10.4. The maximum Gasteiger partial charge on any atom is 0.139 e. The fraction of sp³-hybridized carbons (Fsp3) is 0.0667. The molecule has 2 heterocycles. The van der Waals surface area contributed by atoms with Crippen LogP contribution in [0.5, 0.6) is 11.5 Å². The van der Waals surface area contributed by atoms with Crippen LogP contribution in [0.3, 0.4) is 0 Å². The van der Waals surface area contributed by atoms with E-state index in [1.165, 1.54) is 49.7 Å². The number of para-hydroxylation sites is 2. The van der Waals surface area contributed by atoms with Gasteiger partial charge in [0.05, 0.1) is 16.8 Å². The average Bonchev–Trinajstić information content (AvgIpc) is 3.45. The Morgan fingerprint density at radius 2 is 1.10 bits per heavy atom. The van der Waals surface area contributed by atoms with Crippen LogP contribution in [0, 0.1) is 0 Å². The van der Waals surface area contributed by atoms with Crippen molar-refractivity contribution in [3.05, 3.63) is 191 Å². The monoisotopic (exact) mass is 614 g/mol. The van der Waals surface area contributed by atoms with Gasteiger partial charge in [0.2, 0.25) is 0 Å². The molecule has 3 nitrogen and oxygen atoms in total. The second kappa shape index (κ2) is 10.5. The molecule has 48 heavy (non-hydrogen) atoms. The first-order valence-electron chi connectivity index (χ1n) is 16.6. The van der Waals surface area contributed by atoms with Gasteiger partial charge in [-0.25, -0.2) is 0 Å². The number of benzene rings is 6. The molecule has 3 heteroatoms. The van der Waals surface area contributed by atoms with Crippen molar-refractivity contribution in [3.8, 4) is 33.9 Å². The fourth-order valence-corrected chi connectivity index (χ4v) is 8.30. The van der Waals surface area contributed by atoms with Gasteiger partial charge < -0.3 is 4.74 Å². The smallest absolute Gasteiger partial charge is 0.139 e. The van der Waals surface area contributed by atoms with Gasteiger partial charge in [-0.2, -0.15) is 0 Å². The molecule has 10 rings (SSSR count). The highest BCUT2D eigenvalue weighted by Gasteiger charge is 2.51. The molecular formula is C45H30N2O. The summed E-state index contributed by atoms with van der Waals surface area (Å²) in [5.74, 6) is 1.85. The maximum atomic E-state index is 6.93. The molecule has 1 aromatic heterocycles. The molecule has 0 atom stereocenters. The Balaban J connectivity index is 1.10. The number of aromatic nitrogens is 2. The number of nitrogens with zero attached hydrogens (tertiary/aromatic N) is 2. The van der Waals surface area contributed by atoms with Crippen LogP contribution in [0.4, 0.5) is 0 Å². The molecule has 1 spiro atoms. The van der Waals surface area contributed by atoms with E-state index in [0.29, 0.717) is 0 Å². The number of hydrogen-bond donors (Lipinski definition) is 0. The summed E-state index contributed by atoms with van der Waals surface area (Å²) >= 11 is 0. The lowest BCUT2D eigenvalue weighted by atomic mass is 9.65. The highest BCUT2D eigenvalue weighted by atomic mass is 16.5. The molecule has 0 amide bonds. The summed E-state index contributed by atoms with van der Waals surface area (Å²) in [4.78, 5) is 0. The predicted octanol–water partition coefficient (Wildman–Crippen LogP) is 11.0. The van der Waals surface area contributed by atoms with Crippen LogP contribution in [0.1, 0.15) is 46.4 Å². The van der Waals surface area contributed by atoms with Crippen molar-refractivity contribution < 1.29 is 4.74 Å².